The molecule has 21 heavy (non-hydrogen) atoms. The minimum Gasteiger partial charge on any atom is -0.206 e. The molecule has 5 heteroatoms. The largest absolute Gasteiger partial charge is 0.416 e. The van der Waals surface area contributed by atoms with Gasteiger partial charge in [0.25, 0.3) is 0 Å². The van der Waals surface area contributed by atoms with Crippen molar-refractivity contribution in [2.75, 3.05) is 0 Å². The summed E-state index contributed by atoms with van der Waals surface area (Å²) in [6, 6.07) is 8.11. The van der Waals surface area contributed by atoms with Gasteiger partial charge in [0.05, 0.1) is 10.9 Å². The molecule has 0 aliphatic heterocycles. The highest BCUT2D eigenvalue weighted by Gasteiger charge is 2.35. The third kappa shape index (κ3) is 3.21. The molecule has 0 aliphatic rings. The van der Waals surface area contributed by atoms with Gasteiger partial charge in [-0.2, -0.15) is 13.2 Å². The van der Waals surface area contributed by atoms with E-state index in [4.69, 9.17) is 11.6 Å². The zero-order chi connectivity index (χ0) is 15.8. The zero-order valence-electron chi connectivity index (χ0n) is 11.4. The van der Waals surface area contributed by atoms with Gasteiger partial charge in [-0.1, -0.05) is 30.3 Å². The summed E-state index contributed by atoms with van der Waals surface area (Å²) >= 11 is 6.22. The second-order valence-corrected chi connectivity index (χ2v) is 5.35. The molecule has 112 valence electrons. The Bertz CT molecular complexity index is 639. The molecule has 0 saturated heterocycles. The van der Waals surface area contributed by atoms with Crippen molar-refractivity contribution in [1.29, 1.82) is 0 Å². The molecule has 0 fully saturated rings. The molecule has 0 bridgehead atoms. The summed E-state index contributed by atoms with van der Waals surface area (Å²) in [5, 5.41) is -0.985. The van der Waals surface area contributed by atoms with Crippen LogP contribution in [0.1, 0.15) is 33.2 Å². The smallest absolute Gasteiger partial charge is 0.206 e. The SMILES string of the molecule is Cc1cc(C(Cl)c2ccccc2C(F)(F)F)cc(C)c1F. The Kier molecular flexibility index (Phi) is 4.28. The minimum absolute atomic E-state index is 0.0305. The lowest BCUT2D eigenvalue weighted by Gasteiger charge is -2.18. The van der Waals surface area contributed by atoms with Gasteiger partial charge in [0.15, 0.2) is 0 Å². The summed E-state index contributed by atoms with van der Waals surface area (Å²) in [7, 11) is 0. The van der Waals surface area contributed by atoms with Gasteiger partial charge in [-0.15, -0.1) is 11.6 Å². The van der Waals surface area contributed by atoms with Gasteiger partial charge in [-0.05, 0) is 42.2 Å². The molecule has 2 aromatic rings. The Balaban J connectivity index is 2.53. The maximum atomic E-state index is 13.6. The standard InChI is InChI=1S/C16H13ClF4/c1-9-7-11(8-10(2)15(9)18)14(17)12-5-3-4-6-13(12)16(19,20)21/h3-8,14H,1-2H3. The molecule has 0 aliphatic carbocycles. The quantitative estimate of drug-likeness (QED) is 0.486. The topological polar surface area (TPSA) is 0 Å². The number of benzene rings is 2. The summed E-state index contributed by atoms with van der Waals surface area (Å²) in [5.41, 5.74) is 0.367. The average Bonchev–Trinajstić information content (AvgIpc) is 2.42. The Morgan fingerprint density at radius 1 is 1.00 bits per heavy atom. The van der Waals surface area contributed by atoms with Crippen LogP contribution in [0.15, 0.2) is 36.4 Å². The van der Waals surface area contributed by atoms with Crippen molar-refractivity contribution in [3.8, 4) is 0 Å². The molecular formula is C16H13ClF4. The predicted octanol–water partition coefficient (Wildman–Crippen LogP) is 5.79. The van der Waals surface area contributed by atoms with Gasteiger partial charge in [0.2, 0.25) is 0 Å². The fourth-order valence-electron chi connectivity index (χ4n) is 2.28. The maximum Gasteiger partial charge on any atom is 0.416 e. The second-order valence-electron chi connectivity index (χ2n) is 4.92. The lowest BCUT2D eigenvalue weighted by Crippen LogP contribution is -2.11. The Morgan fingerprint density at radius 2 is 1.52 bits per heavy atom. The third-order valence-corrected chi connectivity index (χ3v) is 3.78. The molecule has 1 atom stereocenters. The Hall–Kier alpha value is -1.55. The molecule has 0 nitrogen and oxygen atoms in total. The van der Waals surface area contributed by atoms with Crippen molar-refractivity contribution in [1.82, 2.24) is 0 Å². The first-order chi connectivity index (χ1) is 9.71. The van der Waals surface area contributed by atoms with Crippen LogP contribution in [0.3, 0.4) is 0 Å². The van der Waals surface area contributed by atoms with E-state index in [0.717, 1.165) is 6.07 Å². The fourth-order valence-corrected chi connectivity index (χ4v) is 2.60. The summed E-state index contributed by atoms with van der Waals surface area (Å²) in [5.74, 6) is -0.369. The fraction of sp³-hybridized carbons (Fsp3) is 0.250. The molecule has 0 saturated carbocycles. The zero-order valence-corrected chi connectivity index (χ0v) is 12.2. The molecule has 0 N–H and O–H groups in total. The normalized spacial score (nSPS) is 13.3. The van der Waals surface area contributed by atoms with Crippen LogP contribution in [0.2, 0.25) is 0 Å². The van der Waals surface area contributed by atoms with E-state index in [1.54, 1.807) is 13.8 Å². The first-order valence-corrected chi connectivity index (χ1v) is 6.72. The lowest BCUT2D eigenvalue weighted by molar-refractivity contribution is -0.138. The summed E-state index contributed by atoms with van der Waals surface area (Å²) in [4.78, 5) is 0. The van der Waals surface area contributed by atoms with E-state index in [1.165, 1.54) is 30.3 Å². The molecule has 0 spiro atoms. The molecule has 1 unspecified atom stereocenters. The number of aryl methyl sites for hydroxylation is 2. The van der Waals surface area contributed by atoms with Gasteiger partial charge in [-0.25, -0.2) is 4.39 Å². The highest BCUT2D eigenvalue weighted by molar-refractivity contribution is 6.22. The monoisotopic (exact) mass is 316 g/mol. The average molecular weight is 317 g/mol. The number of alkyl halides is 4. The van der Waals surface area contributed by atoms with Gasteiger partial charge in [0.1, 0.15) is 5.82 Å². The number of rotatable bonds is 2. The molecule has 0 heterocycles. The molecule has 0 radical (unpaired) electrons. The highest BCUT2D eigenvalue weighted by Crippen LogP contribution is 2.39. The van der Waals surface area contributed by atoms with Crippen LogP contribution < -0.4 is 0 Å². The van der Waals surface area contributed by atoms with Crippen LogP contribution >= 0.6 is 11.6 Å². The maximum absolute atomic E-state index is 13.6. The van der Waals surface area contributed by atoms with Crippen molar-refractivity contribution >= 4 is 11.6 Å². The van der Waals surface area contributed by atoms with E-state index in [-0.39, 0.29) is 11.4 Å². The van der Waals surface area contributed by atoms with E-state index in [2.05, 4.69) is 0 Å². The van der Waals surface area contributed by atoms with Crippen LogP contribution in [-0.2, 0) is 6.18 Å². The molecular weight excluding hydrogens is 304 g/mol. The van der Waals surface area contributed by atoms with E-state index < -0.39 is 17.1 Å². The number of halogens is 5. The number of hydrogen-bond donors (Lipinski definition) is 0. The number of hydrogen-bond acceptors (Lipinski definition) is 0. The summed E-state index contributed by atoms with van der Waals surface area (Å²) in [6.45, 7) is 3.12. The van der Waals surface area contributed by atoms with Crippen LogP contribution in [-0.4, -0.2) is 0 Å². The van der Waals surface area contributed by atoms with Crippen molar-refractivity contribution < 1.29 is 17.6 Å². The van der Waals surface area contributed by atoms with Crippen molar-refractivity contribution in [2.45, 2.75) is 25.4 Å². The Morgan fingerprint density at radius 3 is 2.05 bits per heavy atom. The van der Waals surface area contributed by atoms with Crippen LogP contribution in [0.25, 0.3) is 0 Å². The summed E-state index contributed by atoms with van der Waals surface area (Å²) < 4.78 is 52.7. The van der Waals surface area contributed by atoms with Gasteiger partial charge in [0, 0.05) is 0 Å². The third-order valence-electron chi connectivity index (χ3n) is 3.29. The van der Waals surface area contributed by atoms with E-state index in [9.17, 15) is 17.6 Å². The van der Waals surface area contributed by atoms with E-state index >= 15 is 0 Å². The minimum atomic E-state index is -4.48. The first kappa shape index (κ1) is 15.8. The molecule has 0 aromatic heterocycles. The molecule has 2 aromatic carbocycles. The van der Waals surface area contributed by atoms with Crippen LogP contribution in [0.4, 0.5) is 17.6 Å². The van der Waals surface area contributed by atoms with Crippen molar-refractivity contribution in [3.05, 3.63) is 70.0 Å². The van der Waals surface area contributed by atoms with E-state index in [0.29, 0.717) is 16.7 Å². The van der Waals surface area contributed by atoms with E-state index in [1.807, 2.05) is 0 Å². The Labute approximate surface area is 125 Å². The van der Waals surface area contributed by atoms with Crippen LogP contribution in [0.5, 0.6) is 0 Å². The lowest BCUT2D eigenvalue weighted by atomic mass is 9.96. The van der Waals surface area contributed by atoms with Crippen molar-refractivity contribution in [2.24, 2.45) is 0 Å². The summed E-state index contributed by atoms with van der Waals surface area (Å²) in [6.07, 6.45) is -4.48. The first-order valence-electron chi connectivity index (χ1n) is 6.28. The van der Waals surface area contributed by atoms with Crippen LogP contribution in [0, 0.1) is 19.7 Å². The predicted molar refractivity (Wildman–Crippen MR) is 75.0 cm³/mol. The van der Waals surface area contributed by atoms with Gasteiger partial charge < -0.3 is 0 Å². The highest BCUT2D eigenvalue weighted by atomic mass is 35.5. The second kappa shape index (κ2) is 5.68. The van der Waals surface area contributed by atoms with Gasteiger partial charge in [-0.3, -0.25) is 0 Å². The molecule has 2 rings (SSSR count). The molecule has 0 amide bonds. The van der Waals surface area contributed by atoms with Gasteiger partial charge >= 0.3 is 6.18 Å². The van der Waals surface area contributed by atoms with Crippen molar-refractivity contribution in [3.63, 3.8) is 0 Å².